The van der Waals surface area contributed by atoms with Gasteiger partial charge in [-0.25, -0.2) is 4.39 Å². The maximum atomic E-state index is 13.4. The lowest BCUT2D eigenvalue weighted by atomic mass is 10.1. The molecule has 18 heavy (non-hydrogen) atoms. The fourth-order valence-electron chi connectivity index (χ4n) is 2.29. The Morgan fingerprint density at radius 1 is 1.39 bits per heavy atom. The van der Waals surface area contributed by atoms with Gasteiger partial charge >= 0.3 is 0 Å². The van der Waals surface area contributed by atoms with Crippen LogP contribution in [0, 0.1) is 5.82 Å². The molecule has 0 saturated heterocycles. The maximum Gasteiger partial charge on any atom is 0.129 e. The van der Waals surface area contributed by atoms with Crippen LogP contribution in [0.5, 0.6) is 5.75 Å². The van der Waals surface area contributed by atoms with E-state index in [1.165, 1.54) is 12.1 Å². The normalized spacial score (nSPS) is 11.6. The van der Waals surface area contributed by atoms with Gasteiger partial charge in [0.25, 0.3) is 0 Å². The van der Waals surface area contributed by atoms with E-state index in [0.29, 0.717) is 0 Å². The van der Waals surface area contributed by atoms with Crippen LogP contribution in [0.3, 0.4) is 0 Å². The molecule has 0 saturated carbocycles. The Morgan fingerprint density at radius 2 is 2.11 bits per heavy atom. The van der Waals surface area contributed by atoms with Gasteiger partial charge in [0.15, 0.2) is 0 Å². The van der Waals surface area contributed by atoms with Gasteiger partial charge in [-0.15, -0.1) is 0 Å². The Balaban J connectivity index is 2.64. The number of halogens is 1. The van der Waals surface area contributed by atoms with Gasteiger partial charge in [0.05, 0.1) is 5.52 Å². The van der Waals surface area contributed by atoms with Crippen LogP contribution < -0.4 is 5.32 Å². The number of nitrogens with zero attached hydrogens (tertiary/aromatic N) is 1. The molecule has 0 radical (unpaired) electrons. The Hall–Kier alpha value is -1.55. The minimum Gasteiger partial charge on any atom is -0.507 e. The molecule has 98 valence electrons. The molecule has 0 aliphatic heterocycles. The van der Waals surface area contributed by atoms with E-state index in [-0.39, 0.29) is 11.8 Å². The summed E-state index contributed by atoms with van der Waals surface area (Å²) in [6, 6.07) is 2.89. The summed E-state index contributed by atoms with van der Waals surface area (Å²) in [7, 11) is 1.89. The third-order valence-corrected chi connectivity index (χ3v) is 3.16. The van der Waals surface area contributed by atoms with Crippen molar-refractivity contribution in [3.63, 3.8) is 0 Å². The zero-order chi connectivity index (χ0) is 13.3. The molecule has 0 aliphatic rings. The standard InChI is InChI=1S/C14H19FN2O/c1-9(2)17-8-10(4-5-16-3)14-12(17)6-11(15)7-13(14)18/h6-9,16,18H,4-5H2,1-3H3. The molecule has 1 aromatic carbocycles. The summed E-state index contributed by atoms with van der Waals surface area (Å²) >= 11 is 0. The zero-order valence-electron chi connectivity index (χ0n) is 11.0. The maximum absolute atomic E-state index is 13.4. The lowest BCUT2D eigenvalue weighted by molar-refractivity contribution is 0.475. The number of hydrogen-bond acceptors (Lipinski definition) is 2. The fraction of sp³-hybridized carbons (Fsp3) is 0.429. The number of aromatic nitrogens is 1. The van der Waals surface area contributed by atoms with Crippen molar-refractivity contribution in [3.8, 4) is 5.75 Å². The number of likely N-dealkylation sites (N-methyl/N-ethyl adjacent to an activating group) is 1. The number of benzene rings is 1. The Morgan fingerprint density at radius 3 is 2.72 bits per heavy atom. The van der Waals surface area contributed by atoms with Gasteiger partial charge in [0, 0.05) is 23.7 Å². The van der Waals surface area contributed by atoms with E-state index < -0.39 is 5.82 Å². The van der Waals surface area contributed by atoms with Crippen molar-refractivity contribution in [1.82, 2.24) is 9.88 Å². The number of nitrogens with one attached hydrogen (secondary N) is 1. The summed E-state index contributed by atoms with van der Waals surface area (Å²) in [6.07, 6.45) is 2.82. The van der Waals surface area contributed by atoms with Crippen LogP contribution in [-0.2, 0) is 6.42 Å². The molecule has 0 aliphatic carbocycles. The van der Waals surface area contributed by atoms with Gasteiger partial charge in [0.1, 0.15) is 11.6 Å². The molecule has 2 N–H and O–H groups in total. The van der Waals surface area contributed by atoms with E-state index in [9.17, 15) is 9.50 Å². The number of aromatic hydroxyl groups is 1. The summed E-state index contributed by atoms with van der Waals surface area (Å²) in [5, 5.41) is 13.8. The van der Waals surface area contributed by atoms with Crippen molar-refractivity contribution >= 4 is 10.9 Å². The van der Waals surface area contributed by atoms with Crippen LogP contribution in [0.4, 0.5) is 4.39 Å². The summed E-state index contributed by atoms with van der Waals surface area (Å²) in [4.78, 5) is 0. The van der Waals surface area contributed by atoms with E-state index >= 15 is 0 Å². The smallest absolute Gasteiger partial charge is 0.129 e. The van der Waals surface area contributed by atoms with Crippen LogP contribution in [0.25, 0.3) is 10.9 Å². The van der Waals surface area contributed by atoms with Crippen LogP contribution in [0.1, 0.15) is 25.5 Å². The Kier molecular flexibility index (Phi) is 3.57. The second-order valence-corrected chi connectivity index (χ2v) is 4.83. The minimum atomic E-state index is -0.403. The van der Waals surface area contributed by atoms with Crippen molar-refractivity contribution in [2.24, 2.45) is 0 Å². The first-order valence-corrected chi connectivity index (χ1v) is 6.21. The minimum absolute atomic E-state index is 0.0236. The van der Waals surface area contributed by atoms with Crippen LogP contribution in [0.2, 0.25) is 0 Å². The molecular formula is C14H19FN2O. The van der Waals surface area contributed by atoms with E-state index in [1.807, 2.05) is 31.7 Å². The van der Waals surface area contributed by atoms with E-state index in [1.54, 1.807) is 0 Å². The number of rotatable bonds is 4. The number of phenols is 1. The summed E-state index contributed by atoms with van der Waals surface area (Å²) in [5.74, 6) is -0.379. The summed E-state index contributed by atoms with van der Waals surface area (Å²) in [6.45, 7) is 4.92. The van der Waals surface area contributed by atoms with Crippen LogP contribution in [0.15, 0.2) is 18.3 Å². The number of phenolic OH excluding ortho intramolecular Hbond substituents is 1. The first-order valence-electron chi connectivity index (χ1n) is 6.21. The average molecular weight is 250 g/mol. The molecule has 1 aromatic heterocycles. The third-order valence-electron chi connectivity index (χ3n) is 3.16. The van der Waals surface area contributed by atoms with Crippen molar-refractivity contribution in [1.29, 1.82) is 0 Å². The van der Waals surface area contributed by atoms with Crippen molar-refractivity contribution in [2.45, 2.75) is 26.3 Å². The third kappa shape index (κ3) is 2.20. The highest BCUT2D eigenvalue weighted by Crippen LogP contribution is 2.33. The molecule has 0 spiro atoms. The highest BCUT2D eigenvalue weighted by atomic mass is 19.1. The molecule has 0 bridgehead atoms. The number of fused-ring (bicyclic) bond motifs is 1. The average Bonchev–Trinajstić information content (AvgIpc) is 2.65. The van der Waals surface area contributed by atoms with E-state index in [4.69, 9.17) is 0 Å². The second-order valence-electron chi connectivity index (χ2n) is 4.83. The molecule has 4 heteroatoms. The SMILES string of the molecule is CNCCc1cn(C(C)C)c2cc(F)cc(O)c12. The van der Waals surface area contributed by atoms with Gasteiger partial charge in [-0.2, -0.15) is 0 Å². The molecule has 0 atom stereocenters. The van der Waals surface area contributed by atoms with E-state index in [0.717, 1.165) is 29.4 Å². The first-order chi connectivity index (χ1) is 8.54. The molecule has 2 rings (SSSR count). The van der Waals surface area contributed by atoms with Gasteiger partial charge < -0.3 is 15.0 Å². The summed E-state index contributed by atoms with van der Waals surface area (Å²) in [5.41, 5.74) is 1.80. The fourth-order valence-corrected chi connectivity index (χ4v) is 2.29. The van der Waals surface area contributed by atoms with Crippen molar-refractivity contribution in [2.75, 3.05) is 13.6 Å². The first kappa shape index (κ1) is 12.9. The predicted molar refractivity (Wildman–Crippen MR) is 71.6 cm³/mol. The van der Waals surface area contributed by atoms with Gasteiger partial charge in [-0.05, 0) is 45.5 Å². The molecule has 0 fully saturated rings. The number of hydrogen-bond donors (Lipinski definition) is 2. The Bertz CT molecular complexity index is 560. The van der Waals surface area contributed by atoms with Gasteiger partial charge in [-0.1, -0.05) is 0 Å². The molecule has 0 amide bonds. The monoisotopic (exact) mass is 250 g/mol. The van der Waals surface area contributed by atoms with Crippen LogP contribution in [-0.4, -0.2) is 23.3 Å². The Labute approximate surface area is 106 Å². The lowest BCUT2D eigenvalue weighted by Gasteiger charge is -2.09. The van der Waals surface area contributed by atoms with Gasteiger partial charge in [-0.3, -0.25) is 0 Å². The predicted octanol–water partition coefficient (Wildman–Crippen LogP) is 2.83. The van der Waals surface area contributed by atoms with E-state index in [2.05, 4.69) is 5.32 Å². The quantitative estimate of drug-likeness (QED) is 0.875. The van der Waals surface area contributed by atoms with Crippen molar-refractivity contribution < 1.29 is 9.50 Å². The molecule has 3 nitrogen and oxygen atoms in total. The van der Waals surface area contributed by atoms with Crippen molar-refractivity contribution in [3.05, 3.63) is 29.7 Å². The van der Waals surface area contributed by atoms with Gasteiger partial charge in [0.2, 0.25) is 0 Å². The highest BCUT2D eigenvalue weighted by molar-refractivity contribution is 5.90. The molecule has 1 heterocycles. The molecule has 2 aromatic rings. The lowest BCUT2D eigenvalue weighted by Crippen LogP contribution is -2.10. The second kappa shape index (κ2) is 4.98. The topological polar surface area (TPSA) is 37.2 Å². The molecule has 0 unspecified atom stereocenters. The molecular weight excluding hydrogens is 231 g/mol. The highest BCUT2D eigenvalue weighted by Gasteiger charge is 2.15. The largest absolute Gasteiger partial charge is 0.507 e. The van der Waals surface area contributed by atoms with Crippen LogP contribution >= 0.6 is 0 Å². The zero-order valence-corrected chi connectivity index (χ0v) is 11.0. The summed E-state index contributed by atoms with van der Waals surface area (Å²) < 4.78 is 15.4.